The van der Waals surface area contributed by atoms with E-state index in [9.17, 15) is 5.11 Å². The zero-order chi connectivity index (χ0) is 12.8. The number of aryl methyl sites for hydroxylation is 1. The Kier molecular flexibility index (Phi) is 6.17. The molecule has 0 radical (unpaired) electrons. The van der Waals surface area contributed by atoms with Crippen molar-refractivity contribution in [2.24, 2.45) is 5.92 Å². The molecule has 0 aliphatic heterocycles. The molecule has 1 aromatic rings. The van der Waals surface area contributed by atoms with E-state index >= 15 is 0 Å². The molecular weight excluding hydrogens is 230 g/mol. The van der Waals surface area contributed by atoms with Gasteiger partial charge in [-0.15, -0.1) is 11.3 Å². The standard InChI is InChI=1S/C14H25NOS/c1-11(2)5-6-13(16)9-15(4)10-14-12(3)7-8-17-14/h7-8,11,13,16H,5-6,9-10H2,1-4H3. The molecule has 2 nitrogen and oxygen atoms in total. The van der Waals surface area contributed by atoms with Crippen molar-refractivity contribution in [2.45, 2.75) is 46.3 Å². The number of rotatable bonds is 7. The van der Waals surface area contributed by atoms with Gasteiger partial charge >= 0.3 is 0 Å². The Morgan fingerprint density at radius 3 is 2.59 bits per heavy atom. The second kappa shape index (κ2) is 7.14. The van der Waals surface area contributed by atoms with Crippen molar-refractivity contribution in [1.82, 2.24) is 4.90 Å². The fourth-order valence-corrected chi connectivity index (χ4v) is 2.84. The van der Waals surface area contributed by atoms with Gasteiger partial charge in [0.2, 0.25) is 0 Å². The highest BCUT2D eigenvalue weighted by Gasteiger charge is 2.10. The number of aliphatic hydroxyl groups excluding tert-OH is 1. The van der Waals surface area contributed by atoms with E-state index in [0.29, 0.717) is 5.92 Å². The van der Waals surface area contributed by atoms with Crippen LogP contribution in [0.1, 0.15) is 37.1 Å². The number of nitrogens with zero attached hydrogens (tertiary/aromatic N) is 1. The van der Waals surface area contributed by atoms with E-state index in [0.717, 1.165) is 25.9 Å². The molecule has 0 aliphatic rings. The molecule has 0 amide bonds. The maximum absolute atomic E-state index is 9.93. The van der Waals surface area contributed by atoms with Crippen LogP contribution in [0.4, 0.5) is 0 Å². The van der Waals surface area contributed by atoms with Crippen LogP contribution < -0.4 is 0 Å². The lowest BCUT2D eigenvalue weighted by atomic mass is 10.0. The van der Waals surface area contributed by atoms with E-state index < -0.39 is 0 Å². The zero-order valence-corrected chi connectivity index (χ0v) is 12.3. The maximum Gasteiger partial charge on any atom is 0.0667 e. The predicted octanol–water partition coefficient (Wildman–Crippen LogP) is 3.29. The molecule has 0 saturated carbocycles. The minimum absolute atomic E-state index is 0.192. The summed E-state index contributed by atoms with van der Waals surface area (Å²) in [4.78, 5) is 3.62. The van der Waals surface area contributed by atoms with Crippen LogP contribution in [-0.4, -0.2) is 29.7 Å². The van der Waals surface area contributed by atoms with Crippen molar-refractivity contribution in [1.29, 1.82) is 0 Å². The fourth-order valence-electron chi connectivity index (χ4n) is 1.85. The molecule has 98 valence electrons. The first-order chi connectivity index (χ1) is 7.99. The fraction of sp³-hybridized carbons (Fsp3) is 0.714. The van der Waals surface area contributed by atoms with Gasteiger partial charge in [-0.2, -0.15) is 0 Å². The molecule has 1 heterocycles. The first-order valence-corrected chi connectivity index (χ1v) is 7.26. The van der Waals surface area contributed by atoms with Crippen LogP contribution in [0.3, 0.4) is 0 Å². The third kappa shape index (κ3) is 5.66. The van der Waals surface area contributed by atoms with E-state index in [1.54, 1.807) is 11.3 Å². The Morgan fingerprint density at radius 1 is 1.35 bits per heavy atom. The van der Waals surface area contributed by atoms with Gasteiger partial charge in [0.1, 0.15) is 0 Å². The topological polar surface area (TPSA) is 23.5 Å². The lowest BCUT2D eigenvalue weighted by Crippen LogP contribution is -2.28. The molecule has 17 heavy (non-hydrogen) atoms. The molecule has 0 saturated heterocycles. The lowest BCUT2D eigenvalue weighted by Gasteiger charge is -2.20. The summed E-state index contributed by atoms with van der Waals surface area (Å²) in [5, 5.41) is 12.1. The number of hydrogen-bond donors (Lipinski definition) is 1. The van der Waals surface area contributed by atoms with Crippen molar-refractivity contribution in [3.63, 3.8) is 0 Å². The SMILES string of the molecule is Cc1ccsc1CN(C)CC(O)CCC(C)C. The third-order valence-electron chi connectivity index (χ3n) is 2.98. The molecule has 1 unspecified atom stereocenters. The lowest BCUT2D eigenvalue weighted by molar-refractivity contribution is 0.110. The van der Waals surface area contributed by atoms with E-state index in [1.807, 2.05) is 0 Å². The Hall–Kier alpha value is -0.380. The largest absolute Gasteiger partial charge is 0.392 e. The molecule has 0 aromatic carbocycles. The van der Waals surface area contributed by atoms with Gasteiger partial charge in [0, 0.05) is 18.0 Å². The van der Waals surface area contributed by atoms with Gasteiger partial charge in [-0.3, -0.25) is 4.90 Å². The van der Waals surface area contributed by atoms with E-state index in [2.05, 4.69) is 44.2 Å². The predicted molar refractivity (Wildman–Crippen MR) is 75.5 cm³/mol. The Balaban J connectivity index is 2.29. The van der Waals surface area contributed by atoms with Crippen molar-refractivity contribution < 1.29 is 5.11 Å². The molecule has 0 fully saturated rings. The number of likely N-dealkylation sites (N-methyl/N-ethyl adjacent to an activating group) is 1. The molecule has 0 aliphatic carbocycles. The smallest absolute Gasteiger partial charge is 0.0667 e. The highest BCUT2D eigenvalue weighted by atomic mass is 32.1. The van der Waals surface area contributed by atoms with Gasteiger partial charge < -0.3 is 5.11 Å². The van der Waals surface area contributed by atoms with Crippen LogP contribution >= 0.6 is 11.3 Å². The number of aliphatic hydroxyl groups is 1. The first-order valence-electron chi connectivity index (χ1n) is 6.38. The second-order valence-electron chi connectivity index (χ2n) is 5.35. The number of thiophene rings is 1. The van der Waals surface area contributed by atoms with Crippen LogP contribution in [-0.2, 0) is 6.54 Å². The zero-order valence-electron chi connectivity index (χ0n) is 11.4. The summed E-state index contributed by atoms with van der Waals surface area (Å²) in [7, 11) is 2.08. The minimum atomic E-state index is -0.192. The Morgan fingerprint density at radius 2 is 2.06 bits per heavy atom. The summed E-state index contributed by atoms with van der Waals surface area (Å²) in [5.41, 5.74) is 1.36. The van der Waals surface area contributed by atoms with E-state index in [4.69, 9.17) is 0 Å². The van der Waals surface area contributed by atoms with Crippen molar-refractivity contribution in [3.8, 4) is 0 Å². The third-order valence-corrected chi connectivity index (χ3v) is 3.99. The van der Waals surface area contributed by atoms with Gasteiger partial charge in [0.05, 0.1) is 6.10 Å². The molecule has 1 atom stereocenters. The summed E-state index contributed by atoms with van der Waals surface area (Å²) >= 11 is 1.80. The van der Waals surface area contributed by atoms with Crippen LogP contribution in [0.25, 0.3) is 0 Å². The van der Waals surface area contributed by atoms with Gasteiger partial charge in [-0.25, -0.2) is 0 Å². The van der Waals surface area contributed by atoms with Crippen molar-refractivity contribution in [3.05, 3.63) is 21.9 Å². The van der Waals surface area contributed by atoms with Crippen LogP contribution in [0.2, 0.25) is 0 Å². The average Bonchev–Trinajstić information content (AvgIpc) is 2.61. The van der Waals surface area contributed by atoms with Crippen LogP contribution in [0.15, 0.2) is 11.4 Å². The van der Waals surface area contributed by atoms with Crippen LogP contribution in [0, 0.1) is 12.8 Å². The quantitative estimate of drug-likeness (QED) is 0.808. The average molecular weight is 255 g/mol. The van der Waals surface area contributed by atoms with Crippen molar-refractivity contribution >= 4 is 11.3 Å². The first kappa shape index (κ1) is 14.7. The molecule has 0 spiro atoms. The highest BCUT2D eigenvalue weighted by Crippen LogP contribution is 2.17. The van der Waals surface area contributed by atoms with Crippen molar-refractivity contribution in [2.75, 3.05) is 13.6 Å². The molecule has 3 heteroatoms. The Bertz CT molecular complexity index is 322. The molecule has 0 bridgehead atoms. The summed E-state index contributed by atoms with van der Waals surface area (Å²) < 4.78 is 0. The second-order valence-corrected chi connectivity index (χ2v) is 6.35. The minimum Gasteiger partial charge on any atom is -0.392 e. The highest BCUT2D eigenvalue weighted by molar-refractivity contribution is 7.10. The van der Waals surface area contributed by atoms with Gasteiger partial charge in [0.25, 0.3) is 0 Å². The van der Waals surface area contributed by atoms with E-state index in [1.165, 1.54) is 10.4 Å². The molecule has 1 N–H and O–H groups in total. The van der Waals surface area contributed by atoms with Gasteiger partial charge in [0.15, 0.2) is 0 Å². The summed E-state index contributed by atoms with van der Waals surface area (Å²) in [6.45, 7) is 8.26. The van der Waals surface area contributed by atoms with Gasteiger partial charge in [-0.1, -0.05) is 13.8 Å². The van der Waals surface area contributed by atoms with Crippen LogP contribution in [0.5, 0.6) is 0 Å². The van der Waals surface area contributed by atoms with Gasteiger partial charge in [-0.05, 0) is 49.7 Å². The maximum atomic E-state index is 9.93. The number of hydrogen-bond acceptors (Lipinski definition) is 3. The molecule has 1 rings (SSSR count). The molecular formula is C14H25NOS. The molecule has 1 aromatic heterocycles. The summed E-state index contributed by atoms with van der Waals surface area (Å²) in [5.74, 6) is 0.675. The summed E-state index contributed by atoms with van der Waals surface area (Å²) in [6, 6.07) is 2.16. The summed E-state index contributed by atoms with van der Waals surface area (Å²) in [6.07, 6.45) is 1.82. The normalized spacial score (nSPS) is 13.6. The van der Waals surface area contributed by atoms with E-state index in [-0.39, 0.29) is 6.10 Å². The monoisotopic (exact) mass is 255 g/mol. The Labute approximate surface area is 109 Å².